The maximum absolute atomic E-state index is 12.3. The summed E-state index contributed by atoms with van der Waals surface area (Å²) in [5.74, 6) is -2.31. The van der Waals surface area contributed by atoms with E-state index in [1.165, 1.54) is 11.3 Å². The number of thiophene rings is 1. The zero-order valence-corrected chi connectivity index (χ0v) is 12.8. The largest absolute Gasteiger partial charge is 0.481 e. The third kappa shape index (κ3) is 4.21. The quantitative estimate of drug-likeness (QED) is 0.878. The van der Waals surface area contributed by atoms with Crippen LogP contribution in [0, 0.1) is 11.8 Å². The predicted molar refractivity (Wildman–Crippen MR) is 76.4 cm³/mol. The first kappa shape index (κ1) is 16.0. The van der Waals surface area contributed by atoms with Gasteiger partial charge < -0.3 is 10.0 Å². The van der Waals surface area contributed by atoms with Gasteiger partial charge in [-0.2, -0.15) is 0 Å². The fraction of sp³-hybridized carbons (Fsp3) is 0.538. The monoisotopic (exact) mass is 303 g/mol. The van der Waals surface area contributed by atoms with Crippen LogP contribution in [0.15, 0.2) is 12.1 Å². The Morgan fingerprint density at radius 1 is 1.37 bits per heavy atom. The summed E-state index contributed by atoms with van der Waals surface area (Å²) < 4.78 is 0.686. The summed E-state index contributed by atoms with van der Waals surface area (Å²) in [5, 5.41) is 8.96. The third-order valence-corrected chi connectivity index (χ3v) is 4.41. The van der Waals surface area contributed by atoms with Crippen molar-refractivity contribution in [3.05, 3.63) is 21.3 Å². The standard InChI is InChI=1S/C13H18ClNO3S/c1-4-15(7-10-5-6-11(14)19-10)12(16)8(2)9(3)13(17)18/h5-6,8-9H,4,7H2,1-3H3,(H,17,18). The highest BCUT2D eigenvalue weighted by Gasteiger charge is 2.29. The normalized spacial score (nSPS) is 13.9. The Kier molecular flexibility index (Phi) is 5.82. The number of carbonyl (C=O) groups excluding carboxylic acids is 1. The fourth-order valence-corrected chi connectivity index (χ4v) is 2.79. The molecule has 0 saturated heterocycles. The van der Waals surface area contributed by atoms with Gasteiger partial charge in [-0.3, -0.25) is 9.59 Å². The van der Waals surface area contributed by atoms with E-state index >= 15 is 0 Å². The van der Waals surface area contributed by atoms with E-state index < -0.39 is 17.8 Å². The van der Waals surface area contributed by atoms with Crippen molar-refractivity contribution in [1.29, 1.82) is 0 Å². The zero-order valence-electron chi connectivity index (χ0n) is 11.2. The summed E-state index contributed by atoms with van der Waals surface area (Å²) in [7, 11) is 0. The zero-order chi connectivity index (χ0) is 14.6. The molecular formula is C13H18ClNO3S. The molecule has 4 nitrogen and oxygen atoms in total. The highest BCUT2D eigenvalue weighted by Crippen LogP contribution is 2.24. The van der Waals surface area contributed by atoms with Crippen molar-refractivity contribution in [2.45, 2.75) is 27.3 Å². The molecule has 1 amide bonds. The van der Waals surface area contributed by atoms with Gasteiger partial charge >= 0.3 is 5.97 Å². The van der Waals surface area contributed by atoms with Gasteiger partial charge in [0.2, 0.25) is 5.91 Å². The summed E-state index contributed by atoms with van der Waals surface area (Å²) in [4.78, 5) is 25.9. The molecular weight excluding hydrogens is 286 g/mol. The SMILES string of the molecule is CCN(Cc1ccc(Cl)s1)C(=O)C(C)C(C)C(=O)O. The van der Waals surface area contributed by atoms with Crippen LogP contribution < -0.4 is 0 Å². The third-order valence-electron chi connectivity index (χ3n) is 3.20. The van der Waals surface area contributed by atoms with E-state index in [4.69, 9.17) is 16.7 Å². The lowest BCUT2D eigenvalue weighted by molar-refractivity contribution is -0.149. The van der Waals surface area contributed by atoms with Gasteiger partial charge in [0.1, 0.15) is 0 Å². The van der Waals surface area contributed by atoms with Gasteiger partial charge in [0.15, 0.2) is 0 Å². The van der Waals surface area contributed by atoms with Crippen molar-refractivity contribution in [3.63, 3.8) is 0 Å². The average molecular weight is 304 g/mol. The van der Waals surface area contributed by atoms with Crippen LogP contribution >= 0.6 is 22.9 Å². The molecule has 1 aromatic heterocycles. The van der Waals surface area contributed by atoms with Crippen LogP contribution in [0.4, 0.5) is 0 Å². The molecule has 2 unspecified atom stereocenters. The van der Waals surface area contributed by atoms with Gasteiger partial charge in [-0.15, -0.1) is 11.3 Å². The number of rotatable bonds is 6. The predicted octanol–water partition coefficient (Wildman–Crippen LogP) is 3.11. The van der Waals surface area contributed by atoms with Crippen LogP contribution in [-0.2, 0) is 16.1 Å². The van der Waals surface area contributed by atoms with Crippen molar-refractivity contribution >= 4 is 34.8 Å². The van der Waals surface area contributed by atoms with Crippen molar-refractivity contribution < 1.29 is 14.7 Å². The minimum atomic E-state index is -0.948. The molecule has 0 radical (unpaired) electrons. The lowest BCUT2D eigenvalue weighted by Gasteiger charge is -2.25. The van der Waals surface area contributed by atoms with Crippen LogP contribution in [0.3, 0.4) is 0 Å². The van der Waals surface area contributed by atoms with E-state index in [-0.39, 0.29) is 5.91 Å². The van der Waals surface area contributed by atoms with Gasteiger partial charge in [-0.25, -0.2) is 0 Å². The van der Waals surface area contributed by atoms with Crippen molar-refractivity contribution in [2.24, 2.45) is 11.8 Å². The fourth-order valence-electron chi connectivity index (χ4n) is 1.69. The number of carbonyl (C=O) groups is 2. The number of carboxylic acids is 1. The number of amides is 1. The van der Waals surface area contributed by atoms with E-state index in [0.29, 0.717) is 17.4 Å². The Hall–Kier alpha value is -1.07. The second-order valence-corrected chi connectivity index (χ2v) is 6.27. The molecule has 1 aromatic rings. The molecule has 2 atom stereocenters. The molecule has 0 spiro atoms. The summed E-state index contributed by atoms with van der Waals surface area (Å²) in [6.45, 7) is 6.12. The first-order chi connectivity index (χ1) is 8.86. The summed E-state index contributed by atoms with van der Waals surface area (Å²) >= 11 is 7.29. The molecule has 0 aliphatic carbocycles. The highest BCUT2D eigenvalue weighted by atomic mass is 35.5. The number of hydrogen-bond acceptors (Lipinski definition) is 3. The number of carboxylic acid groups (broad SMARTS) is 1. The van der Waals surface area contributed by atoms with E-state index in [1.54, 1.807) is 24.8 Å². The van der Waals surface area contributed by atoms with Gasteiger partial charge in [0, 0.05) is 17.3 Å². The van der Waals surface area contributed by atoms with Gasteiger partial charge in [0.05, 0.1) is 16.8 Å². The molecule has 0 bridgehead atoms. The molecule has 1 rings (SSSR count). The van der Waals surface area contributed by atoms with Gasteiger partial charge in [-0.1, -0.05) is 25.4 Å². The van der Waals surface area contributed by atoms with Crippen LogP contribution in [0.25, 0.3) is 0 Å². The first-order valence-corrected chi connectivity index (χ1v) is 7.32. The van der Waals surface area contributed by atoms with Crippen LogP contribution in [-0.4, -0.2) is 28.4 Å². The summed E-state index contributed by atoms with van der Waals surface area (Å²) in [5.41, 5.74) is 0. The lowest BCUT2D eigenvalue weighted by atomic mass is 9.94. The molecule has 0 aromatic carbocycles. The molecule has 19 heavy (non-hydrogen) atoms. The summed E-state index contributed by atoms with van der Waals surface area (Å²) in [6.07, 6.45) is 0. The lowest BCUT2D eigenvalue weighted by Crippen LogP contribution is -2.38. The van der Waals surface area contributed by atoms with E-state index in [9.17, 15) is 9.59 Å². The average Bonchev–Trinajstić information content (AvgIpc) is 2.78. The first-order valence-electron chi connectivity index (χ1n) is 6.12. The maximum atomic E-state index is 12.3. The Bertz CT molecular complexity index is 460. The highest BCUT2D eigenvalue weighted by molar-refractivity contribution is 7.16. The molecule has 106 valence electrons. The number of halogens is 1. The molecule has 1 heterocycles. The number of aliphatic carboxylic acids is 1. The van der Waals surface area contributed by atoms with Crippen molar-refractivity contribution in [1.82, 2.24) is 4.90 Å². The van der Waals surface area contributed by atoms with E-state index in [0.717, 1.165) is 4.88 Å². The van der Waals surface area contributed by atoms with Crippen molar-refractivity contribution in [3.8, 4) is 0 Å². The molecule has 6 heteroatoms. The Morgan fingerprint density at radius 3 is 2.42 bits per heavy atom. The van der Waals surface area contributed by atoms with E-state index in [2.05, 4.69) is 0 Å². The topological polar surface area (TPSA) is 57.6 Å². The van der Waals surface area contributed by atoms with Gasteiger partial charge in [0.25, 0.3) is 0 Å². The number of nitrogens with zero attached hydrogens (tertiary/aromatic N) is 1. The van der Waals surface area contributed by atoms with Crippen LogP contribution in [0.2, 0.25) is 4.34 Å². The molecule has 1 N–H and O–H groups in total. The van der Waals surface area contributed by atoms with Gasteiger partial charge in [-0.05, 0) is 19.1 Å². The molecule has 0 aliphatic heterocycles. The maximum Gasteiger partial charge on any atom is 0.307 e. The Labute approximate surface area is 122 Å². The molecule has 0 saturated carbocycles. The van der Waals surface area contributed by atoms with Crippen molar-refractivity contribution in [2.75, 3.05) is 6.54 Å². The Morgan fingerprint density at radius 2 is 2.00 bits per heavy atom. The van der Waals surface area contributed by atoms with Crippen LogP contribution in [0.5, 0.6) is 0 Å². The number of hydrogen-bond donors (Lipinski definition) is 1. The minimum Gasteiger partial charge on any atom is -0.481 e. The second-order valence-electron chi connectivity index (χ2n) is 4.47. The molecule has 0 aliphatic rings. The van der Waals surface area contributed by atoms with E-state index in [1.807, 2.05) is 13.0 Å². The smallest absolute Gasteiger partial charge is 0.307 e. The Balaban J connectivity index is 2.74. The van der Waals surface area contributed by atoms with Crippen LogP contribution in [0.1, 0.15) is 25.6 Å². The summed E-state index contributed by atoms with van der Waals surface area (Å²) in [6, 6.07) is 3.68. The minimum absolute atomic E-state index is 0.137. The molecule has 0 fully saturated rings. The second kappa shape index (κ2) is 6.91.